The van der Waals surface area contributed by atoms with Crippen LogP contribution in [0.1, 0.15) is 28.7 Å². The summed E-state index contributed by atoms with van der Waals surface area (Å²) in [5.74, 6) is -1.68. The number of carboxylic acid groups (broad SMARTS) is 1. The van der Waals surface area contributed by atoms with Gasteiger partial charge in [0.1, 0.15) is 12.6 Å². The topological polar surface area (TPSA) is 75.6 Å². The molecule has 2 N–H and O–H groups in total. The van der Waals surface area contributed by atoms with Gasteiger partial charge in [-0.05, 0) is 33.4 Å². The Morgan fingerprint density at radius 3 is 1.83 bits per heavy atom. The van der Waals surface area contributed by atoms with Crippen molar-refractivity contribution in [2.24, 2.45) is 0 Å². The minimum Gasteiger partial charge on any atom is -0.481 e. The number of hydrogen-bond donors (Lipinski definition) is 2. The zero-order chi connectivity index (χ0) is 24.3. The second-order valence-electron chi connectivity index (χ2n) is 8.60. The molecule has 0 aliphatic heterocycles. The number of nitrogens with one attached hydrogen (secondary N) is 1. The van der Waals surface area contributed by atoms with E-state index in [4.69, 9.17) is 4.74 Å². The second-order valence-corrected chi connectivity index (χ2v) is 8.60. The van der Waals surface area contributed by atoms with Crippen LogP contribution >= 0.6 is 0 Å². The number of hydrogen-bond acceptors (Lipinski definition) is 4. The second kappa shape index (κ2) is 9.57. The highest BCUT2D eigenvalue weighted by atomic mass is 16.5. The van der Waals surface area contributed by atoms with Crippen molar-refractivity contribution in [1.29, 1.82) is 0 Å². The Hall–Kier alpha value is -4.22. The summed E-state index contributed by atoms with van der Waals surface area (Å²) in [5, 5.41) is 13.2. The van der Waals surface area contributed by atoms with E-state index in [1.807, 2.05) is 97.1 Å². The van der Waals surface area contributed by atoms with Crippen LogP contribution in [-0.4, -0.2) is 23.1 Å². The van der Waals surface area contributed by atoms with Crippen LogP contribution in [0.5, 0.6) is 0 Å². The number of rotatable bonds is 8. The molecule has 0 amide bonds. The van der Waals surface area contributed by atoms with Gasteiger partial charge in [0, 0.05) is 0 Å². The minimum atomic E-state index is -1.08. The molecule has 0 saturated carbocycles. The summed E-state index contributed by atoms with van der Waals surface area (Å²) in [7, 11) is 0. The van der Waals surface area contributed by atoms with E-state index in [1.165, 1.54) is 0 Å². The zero-order valence-electron chi connectivity index (χ0n) is 19.1. The number of carbonyl (C=O) groups excluding carboxylic acids is 1. The SMILES string of the molecule is O=C(O)C[C@H](NC1(c2ccccc2)c2ccccc2-c2ccccc21)C(=O)OCc1ccccc1. The first-order valence-corrected chi connectivity index (χ1v) is 11.5. The van der Waals surface area contributed by atoms with E-state index in [1.54, 1.807) is 0 Å². The molecule has 0 heterocycles. The Morgan fingerprint density at radius 1 is 0.743 bits per heavy atom. The fourth-order valence-electron chi connectivity index (χ4n) is 4.93. The van der Waals surface area contributed by atoms with Gasteiger partial charge in [0.05, 0.1) is 12.0 Å². The summed E-state index contributed by atoms with van der Waals surface area (Å²) in [6.45, 7) is 0.0724. The fraction of sp³-hybridized carbons (Fsp3) is 0.133. The summed E-state index contributed by atoms with van der Waals surface area (Å²) in [6.07, 6.45) is -0.410. The number of ether oxygens (including phenoxy) is 1. The van der Waals surface area contributed by atoms with E-state index in [-0.39, 0.29) is 6.61 Å². The first-order chi connectivity index (χ1) is 17.1. The third kappa shape index (κ3) is 4.22. The highest BCUT2D eigenvalue weighted by Gasteiger charge is 2.47. The minimum absolute atomic E-state index is 0.0724. The predicted octanol–water partition coefficient (Wildman–Crippen LogP) is 5.14. The van der Waals surface area contributed by atoms with Crippen LogP contribution < -0.4 is 5.32 Å². The molecular formula is C30H25NO4. The highest BCUT2D eigenvalue weighted by Crippen LogP contribution is 2.51. The molecule has 1 aliphatic rings. The fourth-order valence-corrected chi connectivity index (χ4v) is 4.93. The molecule has 4 aromatic rings. The Morgan fingerprint density at radius 2 is 1.26 bits per heavy atom. The van der Waals surface area contributed by atoms with Gasteiger partial charge >= 0.3 is 11.9 Å². The average molecular weight is 464 g/mol. The van der Waals surface area contributed by atoms with E-state index >= 15 is 0 Å². The molecule has 0 aromatic heterocycles. The van der Waals surface area contributed by atoms with Crippen LogP contribution in [0.4, 0.5) is 0 Å². The summed E-state index contributed by atoms with van der Waals surface area (Å²) in [6, 6.07) is 34.2. The van der Waals surface area contributed by atoms with Gasteiger partial charge < -0.3 is 9.84 Å². The van der Waals surface area contributed by atoms with Gasteiger partial charge in [-0.25, -0.2) is 0 Å². The molecule has 0 fully saturated rings. The van der Waals surface area contributed by atoms with Crippen molar-refractivity contribution in [1.82, 2.24) is 5.32 Å². The Bertz CT molecular complexity index is 1310. The van der Waals surface area contributed by atoms with E-state index < -0.39 is 29.9 Å². The van der Waals surface area contributed by atoms with Gasteiger partial charge in [-0.3, -0.25) is 14.9 Å². The van der Waals surface area contributed by atoms with Crippen molar-refractivity contribution in [2.75, 3.05) is 0 Å². The van der Waals surface area contributed by atoms with Crippen LogP contribution in [0.15, 0.2) is 109 Å². The third-order valence-corrected chi connectivity index (χ3v) is 6.44. The lowest BCUT2D eigenvalue weighted by Crippen LogP contribution is -2.52. The van der Waals surface area contributed by atoms with Crippen molar-refractivity contribution in [2.45, 2.75) is 24.6 Å². The Labute approximate surface area is 204 Å². The Balaban J connectivity index is 1.60. The summed E-state index contributed by atoms with van der Waals surface area (Å²) in [4.78, 5) is 25.1. The normalized spacial score (nSPS) is 13.9. The lowest BCUT2D eigenvalue weighted by atomic mass is 9.79. The Kier molecular flexibility index (Phi) is 6.17. The number of carboxylic acids is 1. The van der Waals surface area contributed by atoms with Crippen LogP contribution in [-0.2, 0) is 26.5 Å². The number of aliphatic carboxylic acids is 1. The summed E-state index contributed by atoms with van der Waals surface area (Å²) >= 11 is 0. The van der Waals surface area contributed by atoms with Crippen LogP contribution in [0.2, 0.25) is 0 Å². The van der Waals surface area contributed by atoms with Crippen molar-refractivity contribution >= 4 is 11.9 Å². The lowest BCUT2D eigenvalue weighted by Gasteiger charge is -2.36. The monoisotopic (exact) mass is 463 g/mol. The van der Waals surface area contributed by atoms with Gasteiger partial charge in [0.2, 0.25) is 0 Å². The molecule has 1 aliphatic carbocycles. The molecule has 1 atom stereocenters. The lowest BCUT2D eigenvalue weighted by molar-refractivity contribution is -0.152. The van der Waals surface area contributed by atoms with E-state index in [0.29, 0.717) is 0 Å². The molecule has 0 bridgehead atoms. The molecular weight excluding hydrogens is 438 g/mol. The van der Waals surface area contributed by atoms with Crippen molar-refractivity contribution in [3.8, 4) is 11.1 Å². The molecule has 0 unspecified atom stereocenters. The van der Waals surface area contributed by atoms with Crippen LogP contribution in [0.25, 0.3) is 11.1 Å². The smallest absolute Gasteiger partial charge is 0.324 e. The molecule has 4 aromatic carbocycles. The summed E-state index contributed by atoms with van der Waals surface area (Å²) < 4.78 is 5.59. The zero-order valence-corrected chi connectivity index (χ0v) is 19.1. The molecule has 5 heteroatoms. The first-order valence-electron chi connectivity index (χ1n) is 11.5. The van der Waals surface area contributed by atoms with Crippen molar-refractivity contribution in [3.63, 3.8) is 0 Å². The third-order valence-electron chi connectivity index (χ3n) is 6.44. The predicted molar refractivity (Wildman–Crippen MR) is 134 cm³/mol. The molecule has 5 nitrogen and oxygen atoms in total. The summed E-state index contributed by atoms with van der Waals surface area (Å²) in [5.41, 5.74) is 4.88. The van der Waals surface area contributed by atoms with E-state index in [2.05, 4.69) is 17.4 Å². The van der Waals surface area contributed by atoms with Gasteiger partial charge in [-0.15, -0.1) is 0 Å². The maximum absolute atomic E-state index is 13.3. The van der Waals surface area contributed by atoms with Crippen molar-refractivity contribution < 1.29 is 19.4 Å². The largest absolute Gasteiger partial charge is 0.481 e. The number of esters is 1. The molecule has 35 heavy (non-hydrogen) atoms. The maximum atomic E-state index is 13.3. The quantitative estimate of drug-likeness (QED) is 0.354. The van der Waals surface area contributed by atoms with Crippen LogP contribution in [0.3, 0.4) is 0 Å². The molecule has 0 saturated heterocycles. The highest BCUT2D eigenvalue weighted by molar-refractivity contribution is 5.86. The standard InChI is InChI=1S/C30H25NO4/c32-28(33)19-27(29(34)35-20-21-11-3-1-4-12-21)31-30(22-13-5-2-6-14-22)25-17-9-7-15-23(25)24-16-8-10-18-26(24)30/h1-18,27,31H,19-20H2,(H,32,33)/t27-/m0/s1. The number of carbonyl (C=O) groups is 2. The molecule has 174 valence electrons. The molecule has 5 rings (SSSR count). The molecule has 0 spiro atoms. The van der Waals surface area contributed by atoms with Gasteiger partial charge in [0.25, 0.3) is 0 Å². The van der Waals surface area contributed by atoms with Gasteiger partial charge in [-0.1, -0.05) is 109 Å². The van der Waals surface area contributed by atoms with Crippen LogP contribution in [0, 0.1) is 0 Å². The average Bonchev–Trinajstić information content (AvgIpc) is 3.18. The molecule has 0 radical (unpaired) electrons. The number of benzene rings is 4. The van der Waals surface area contributed by atoms with E-state index in [9.17, 15) is 14.7 Å². The first kappa shape index (κ1) is 22.6. The van der Waals surface area contributed by atoms with Crippen molar-refractivity contribution in [3.05, 3.63) is 131 Å². The van der Waals surface area contributed by atoms with E-state index in [0.717, 1.165) is 33.4 Å². The van der Waals surface area contributed by atoms with Gasteiger partial charge in [-0.2, -0.15) is 0 Å². The van der Waals surface area contributed by atoms with Gasteiger partial charge in [0.15, 0.2) is 0 Å². The number of fused-ring (bicyclic) bond motifs is 3. The maximum Gasteiger partial charge on any atom is 0.324 e.